The fourth-order valence-corrected chi connectivity index (χ4v) is 8.27. The molecule has 2 heterocycles. The van der Waals surface area contributed by atoms with Crippen LogP contribution in [0.1, 0.15) is 28.1 Å². The van der Waals surface area contributed by atoms with Crippen molar-refractivity contribution in [3.8, 4) is 67.8 Å². The monoisotopic (exact) mass is 674 g/mol. The number of hydrogen-bond acceptors (Lipinski definition) is 6. The second-order valence-electron chi connectivity index (χ2n) is 12.8. The Hall–Kier alpha value is -6.37. The molecule has 2 aliphatic carbocycles. The van der Waals surface area contributed by atoms with Crippen LogP contribution in [0.3, 0.4) is 0 Å². The highest BCUT2D eigenvalue weighted by atomic mass is 35.5. The second-order valence-corrected chi connectivity index (χ2v) is 13.1. The van der Waals surface area contributed by atoms with Crippen LogP contribution in [0.25, 0.3) is 67.8 Å². The van der Waals surface area contributed by atoms with Gasteiger partial charge in [-0.1, -0.05) is 146 Å². The Labute approximate surface area is 299 Å². The second kappa shape index (κ2) is 11.3. The first-order chi connectivity index (χ1) is 25.1. The standard InChI is InChI=1S/C44H27ClN6/c1-26-46-39(27-14-4-2-5-15-27)48-41(47-26)31-20-12-24-35-37(31)29-18-8-10-22-33(29)44(35)34-23-11-9-19-30(34)38-32(21-13-25-36(38)44)42-49-40(50-43(45)51-42)28-16-6-3-7-17-28/h2-25H,1H3. The van der Waals surface area contributed by atoms with Crippen molar-refractivity contribution < 1.29 is 0 Å². The molecule has 0 N–H and O–H groups in total. The summed E-state index contributed by atoms with van der Waals surface area (Å²) in [5, 5.41) is 0.154. The highest BCUT2D eigenvalue weighted by Gasteiger charge is 2.53. The van der Waals surface area contributed by atoms with Crippen molar-refractivity contribution in [2.24, 2.45) is 0 Å². The molecule has 0 saturated carbocycles. The van der Waals surface area contributed by atoms with E-state index in [4.69, 9.17) is 36.5 Å². The van der Waals surface area contributed by atoms with Gasteiger partial charge in [-0.25, -0.2) is 19.9 Å². The third kappa shape index (κ3) is 4.36. The Morgan fingerprint density at radius 3 is 1.31 bits per heavy atom. The lowest BCUT2D eigenvalue weighted by Crippen LogP contribution is -2.25. The Morgan fingerprint density at radius 2 is 0.765 bits per heavy atom. The van der Waals surface area contributed by atoms with E-state index in [1.165, 1.54) is 22.3 Å². The molecule has 1 spiro atoms. The highest BCUT2D eigenvalue weighted by Crippen LogP contribution is 2.64. The van der Waals surface area contributed by atoms with Gasteiger partial charge in [0.1, 0.15) is 5.82 Å². The molecule has 8 aromatic rings. The predicted molar refractivity (Wildman–Crippen MR) is 201 cm³/mol. The lowest BCUT2D eigenvalue weighted by molar-refractivity contribution is 0.794. The molecule has 0 radical (unpaired) electrons. The summed E-state index contributed by atoms with van der Waals surface area (Å²) < 4.78 is 0. The number of aryl methyl sites for hydroxylation is 1. The Morgan fingerprint density at radius 1 is 0.373 bits per heavy atom. The van der Waals surface area contributed by atoms with Crippen molar-refractivity contribution >= 4 is 11.6 Å². The number of hydrogen-bond donors (Lipinski definition) is 0. The maximum Gasteiger partial charge on any atom is 0.226 e. The first-order valence-electron chi connectivity index (χ1n) is 16.8. The molecule has 0 bridgehead atoms. The average Bonchev–Trinajstić information content (AvgIpc) is 3.66. The lowest BCUT2D eigenvalue weighted by atomic mass is 9.70. The molecule has 10 rings (SSSR count). The first kappa shape index (κ1) is 29.5. The van der Waals surface area contributed by atoms with Crippen LogP contribution in [0.5, 0.6) is 0 Å². The van der Waals surface area contributed by atoms with Crippen molar-refractivity contribution in [2.45, 2.75) is 12.3 Å². The third-order valence-electron chi connectivity index (χ3n) is 10.0. The molecule has 6 aromatic carbocycles. The summed E-state index contributed by atoms with van der Waals surface area (Å²) in [6, 6.07) is 50.3. The first-order valence-corrected chi connectivity index (χ1v) is 17.2. The van der Waals surface area contributed by atoms with E-state index < -0.39 is 5.41 Å². The van der Waals surface area contributed by atoms with Gasteiger partial charge in [0, 0.05) is 22.3 Å². The minimum Gasteiger partial charge on any atom is -0.213 e. The van der Waals surface area contributed by atoms with E-state index in [1.54, 1.807) is 0 Å². The van der Waals surface area contributed by atoms with Crippen LogP contribution in [0.15, 0.2) is 146 Å². The molecule has 1 unspecified atom stereocenters. The Kier molecular flexibility index (Phi) is 6.57. The van der Waals surface area contributed by atoms with Gasteiger partial charge in [0.05, 0.1) is 5.41 Å². The normalized spacial score (nSPS) is 14.9. The van der Waals surface area contributed by atoms with Crippen molar-refractivity contribution in [3.05, 3.63) is 179 Å². The predicted octanol–water partition coefficient (Wildman–Crippen LogP) is 10.0. The molecule has 2 aliphatic rings. The van der Waals surface area contributed by atoms with E-state index in [0.717, 1.165) is 44.5 Å². The van der Waals surface area contributed by atoms with E-state index >= 15 is 0 Å². The van der Waals surface area contributed by atoms with E-state index in [2.05, 4.69) is 89.9 Å². The van der Waals surface area contributed by atoms with Crippen LogP contribution in [0.4, 0.5) is 0 Å². The molecule has 2 aromatic heterocycles. The topological polar surface area (TPSA) is 77.3 Å². The molecule has 7 heteroatoms. The van der Waals surface area contributed by atoms with Crippen molar-refractivity contribution in [2.75, 3.05) is 0 Å². The summed E-state index contributed by atoms with van der Waals surface area (Å²) >= 11 is 6.61. The largest absolute Gasteiger partial charge is 0.226 e. The SMILES string of the molecule is Cc1nc(-c2ccccc2)nc(-c2cccc3c2-c2ccccc2C32c3ccccc3-c3c(-c4nc(Cl)nc(-c5ccccc5)n4)cccc32)n1. The summed E-state index contributed by atoms with van der Waals surface area (Å²) in [6.45, 7) is 1.93. The molecule has 0 saturated heterocycles. The molecule has 0 amide bonds. The van der Waals surface area contributed by atoms with Gasteiger partial charge in [0.15, 0.2) is 23.3 Å². The van der Waals surface area contributed by atoms with Gasteiger partial charge in [0.2, 0.25) is 5.28 Å². The van der Waals surface area contributed by atoms with Crippen LogP contribution in [0.2, 0.25) is 5.28 Å². The number of rotatable bonds is 4. The number of halogens is 1. The highest BCUT2D eigenvalue weighted by molar-refractivity contribution is 6.28. The number of benzene rings is 6. The smallest absolute Gasteiger partial charge is 0.213 e. The fourth-order valence-electron chi connectivity index (χ4n) is 8.11. The number of aromatic nitrogens is 6. The van der Waals surface area contributed by atoms with Crippen LogP contribution < -0.4 is 0 Å². The average molecular weight is 675 g/mol. The quantitative estimate of drug-likeness (QED) is 0.185. The lowest BCUT2D eigenvalue weighted by Gasteiger charge is -2.30. The van der Waals surface area contributed by atoms with Gasteiger partial charge in [-0.05, 0) is 63.0 Å². The summed E-state index contributed by atoms with van der Waals surface area (Å²) in [5.74, 6) is 3.05. The van der Waals surface area contributed by atoms with Crippen LogP contribution in [-0.4, -0.2) is 29.9 Å². The minimum absolute atomic E-state index is 0.154. The molecular formula is C44H27ClN6. The van der Waals surface area contributed by atoms with Crippen LogP contribution in [0, 0.1) is 6.92 Å². The zero-order valence-corrected chi connectivity index (χ0v) is 28.2. The number of nitrogens with zero attached hydrogens (tertiary/aromatic N) is 6. The zero-order chi connectivity index (χ0) is 34.1. The molecule has 240 valence electrons. The van der Waals surface area contributed by atoms with E-state index in [1.807, 2.05) is 67.6 Å². The van der Waals surface area contributed by atoms with Gasteiger partial charge in [-0.15, -0.1) is 0 Å². The van der Waals surface area contributed by atoms with Gasteiger partial charge in [-0.3, -0.25) is 0 Å². The molecule has 0 aliphatic heterocycles. The van der Waals surface area contributed by atoms with E-state index in [-0.39, 0.29) is 5.28 Å². The maximum absolute atomic E-state index is 6.61. The van der Waals surface area contributed by atoms with E-state index in [9.17, 15) is 0 Å². The Balaban J connectivity index is 1.25. The number of fused-ring (bicyclic) bond motifs is 10. The van der Waals surface area contributed by atoms with E-state index in [0.29, 0.717) is 29.1 Å². The molecule has 0 fully saturated rings. The zero-order valence-electron chi connectivity index (χ0n) is 27.4. The van der Waals surface area contributed by atoms with Crippen molar-refractivity contribution in [1.82, 2.24) is 29.9 Å². The molecular weight excluding hydrogens is 648 g/mol. The molecule has 51 heavy (non-hydrogen) atoms. The fraction of sp³-hybridized carbons (Fsp3) is 0.0455. The third-order valence-corrected chi connectivity index (χ3v) is 10.2. The van der Waals surface area contributed by atoms with Gasteiger partial charge in [-0.2, -0.15) is 9.97 Å². The van der Waals surface area contributed by atoms with Crippen molar-refractivity contribution in [3.63, 3.8) is 0 Å². The minimum atomic E-state index is -0.604. The van der Waals surface area contributed by atoms with Crippen LogP contribution >= 0.6 is 11.6 Å². The van der Waals surface area contributed by atoms with Gasteiger partial charge >= 0.3 is 0 Å². The summed E-state index contributed by atoms with van der Waals surface area (Å²) in [6.07, 6.45) is 0. The summed E-state index contributed by atoms with van der Waals surface area (Å²) in [4.78, 5) is 28.9. The molecule has 1 atom stereocenters. The molecule has 6 nitrogen and oxygen atoms in total. The maximum atomic E-state index is 6.61. The van der Waals surface area contributed by atoms with Gasteiger partial charge < -0.3 is 0 Å². The summed E-state index contributed by atoms with van der Waals surface area (Å²) in [7, 11) is 0. The van der Waals surface area contributed by atoms with Crippen LogP contribution in [-0.2, 0) is 5.41 Å². The summed E-state index contributed by atoms with van der Waals surface area (Å²) in [5.41, 5.74) is 12.4. The van der Waals surface area contributed by atoms with Crippen molar-refractivity contribution in [1.29, 1.82) is 0 Å². The Bertz CT molecular complexity index is 2490. The van der Waals surface area contributed by atoms with Gasteiger partial charge in [0.25, 0.3) is 0 Å².